The third-order valence-electron chi connectivity index (χ3n) is 4.93. The summed E-state index contributed by atoms with van der Waals surface area (Å²) >= 11 is 0. The summed E-state index contributed by atoms with van der Waals surface area (Å²) in [5.74, 6) is -1.26. The fourth-order valence-corrected chi connectivity index (χ4v) is 3.00. The molecule has 0 aliphatic heterocycles. The zero-order valence-corrected chi connectivity index (χ0v) is 18.8. The largest absolute Gasteiger partial charge is 0.489 e. The number of amides is 2. The lowest BCUT2D eigenvalue weighted by Crippen LogP contribution is -2.48. The highest BCUT2D eigenvalue weighted by atomic mass is 19.1. The molecule has 3 aromatic carbocycles. The Hall–Kier alpha value is -4.07. The molecule has 6 nitrogen and oxygen atoms in total. The lowest BCUT2D eigenvalue weighted by atomic mass is 10.0. The number of hydrogen-bond acceptors (Lipinski definition) is 4. The van der Waals surface area contributed by atoms with Gasteiger partial charge in [0.15, 0.2) is 0 Å². The first-order valence-corrected chi connectivity index (χ1v) is 10.7. The van der Waals surface area contributed by atoms with Crippen LogP contribution in [0.25, 0.3) is 0 Å². The molecule has 3 aromatic rings. The van der Waals surface area contributed by atoms with E-state index in [2.05, 4.69) is 15.8 Å². The molecule has 2 amide bonds. The number of carbonyl (C=O) groups excluding carboxylic acids is 2. The average Bonchev–Trinajstić information content (AvgIpc) is 2.83. The van der Waals surface area contributed by atoms with Gasteiger partial charge in [0.1, 0.15) is 30.0 Å². The van der Waals surface area contributed by atoms with Crippen LogP contribution in [0, 0.1) is 17.6 Å². The Kier molecular flexibility index (Phi) is 8.45. The Bertz CT molecular complexity index is 1130. The van der Waals surface area contributed by atoms with E-state index < -0.39 is 23.7 Å². The second-order valence-electron chi connectivity index (χ2n) is 7.92. The smallest absolute Gasteiger partial charge is 0.262 e. The number of nitrogens with zero attached hydrogens (tertiary/aromatic N) is 1. The second-order valence-corrected chi connectivity index (χ2v) is 7.92. The van der Waals surface area contributed by atoms with Gasteiger partial charge < -0.3 is 10.1 Å². The van der Waals surface area contributed by atoms with Crippen LogP contribution in [0.2, 0.25) is 0 Å². The molecule has 0 fully saturated rings. The van der Waals surface area contributed by atoms with E-state index in [1.54, 1.807) is 50.2 Å². The van der Waals surface area contributed by atoms with Crippen LogP contribution in [0.5, 0.6) is 5.75 Å². The first-order valence-electron chi connectivity index (χ1n) is 10.7. The SMILES string of the molecule is CC(C)C(NC(=O)c1ccc(F)cc1)C(=O)NN=Cc1ccc(OCc2ccc(F)cc2)cc1. The molecule has 3 rings (SSSR count). The Labute approximate surface area is 196 Å². The second kappa shape index (κ2) is 11.7. The summed E-state index contributed by atoms with van der Waals surface area (Å²) < 4.78 is 31.7. The maximum absolute atomic E-state index is 13.1. The highest BCUT2D eigenvalue weighted by Crippen LogP contribution is 2.14. The Balaban J connectivity index is 1.52. The summed E-state index contributed by atoms with van der Waals surface area (Å²) in [5.41, 5.74) is 4.27. The molecular formula is C26H25F2N3O3. The van der Waals surface area contributed by atoms with Crippen LogP contribution in [0.1, 0.15) is 35.3 Å². The van der Waals surface area contributed by atoms with Crippen molar-refractivity contribution in [1.82, 2.24) is 10.7 Å². The van der Waals surface area contributed by atoms with Gasteiger partial charge in [-0.25, -0.2) is 14.2 Å². The zero-order chi connectivity index (χ0) is 24.5. The Morgan fingerprint density at radius 3 is 2.09 bits per heavy atom. The van der Waals surface area contributed by atoms with Gasteiger partial charge in [-0.1, -0.05) is 26.0 Å². The van der Waals surface area contributed by atoms with Crippen LogP contribution < -0.4 is 15.5 Å². The van der Waals surface area contributed by atoms with Crippen molar-refractivity contribution in [3.63, 3.8) is 0 Å². The van der Waals surface area contributed by atoms with Crippen LogP contribution in [-0.2, 0) is 11.4 Å². The van der Waals surface area contributed by atoms with E-state index in [1.165, 1.54) is 42.6 Å². The van der Waals surface area contributed by atoms with Crippen molar-refractivity contribution in [2.24, 2.45) is 11.0 Å². The van der Waals surface area contributed by atoms with Gasteiger partial charge in [-0.15, -0.1) is 0 Å². The highest BCUT2D eigenvalue weighted by Gasteiger charge is 2.24. The first kappa shape index (κ1) is 24.6. The van der Waals surface area contributed by atoms with Gasteiger partial charge in [-0.3, -0.25) is 9.59 Å². The monoisotopic (exact) mass is 465 g/mol. The molecule has 34 heavy (non-hydrogen) atoms. The quantitative estimate of drug-likeness (QED) is 0.362. The number of ether oxygens (including phenoxy) is 1. The summed E-state index contributed by atoms with van der Waals surface area (Å²) in [6, 6.07) is 17.4. The summed E-state index contributed by atoms with van der Waals surface area (Å²) in [5, 5.41) is 6.62. The summed E-state index contributed by atoms with van der Waals surface area (Å²) in [6.45, 7) is 3.90. The minimum absolute atomic E-state index is 0.197. The number of hydrazone groups is 1. The third kappa shape index (κ3) is 7.23. The highest BCUT2D eigenvalue weighted by molar-refractivity contribution is 5.97. The van der Waals surface area contributed by atoms with Crippen LogP contribution in [0.3, 0.4) is 0 Å². The molecule has 2 N–H and O–H groups in total. The topological polar surface area (TPSA) is 79.8 Å². The van der Waals surface area contributed by atoms with Crippen molar-refractivity contribution < 1.29 is 23.1 Å². The predicted molar refractivity (Wildman–Crippen MR) is 125 cm³/mol. The normalized spacial score (nSPS) is 11.9. The molecule has 8 heteroatoms. The van der Waals surface area contributed by atoms with Gasteiger partial charge in [0.2, 0.25) is 0 Å². The summed E-state index contributed by atoms with van der Waals surface area (Å²) in [6.07, 6.45) is 1.47. The lowest BCUT2D eigenvalue weighted by Gasteiger charge is -2.20. The molecule has 0 bridgehead atoms. The van der Waals surface area contributed by atoms with E-state index in [0.717, 1.165) is 11.1 Å². The molecule has 0 aliphatic rings. The van der Waals surface area contributed by atoms with E-state index in [9.17, 15) is 18.4 Å². The summed E-state index contributed by atoms with van der Waals surface area (Å²) in [4.78, 5) is 24.9. The van der Waals surface area contributed by atoms with Crippen molar-refractivity contribution in [1.29, 1.82) is 0 Å². The van der Waals surface area contributed by atoms with Crippen molar-refractivity contribution >= 4 is 18.0 Å². The Morgan fingerprint density at radius 1 is 0.912 bits per heavy atom. The third-order valence-corrected chi connectivity index (χ3v) is 4.93. The van der Waals surface area contributed by atoms with Crippen LogP contribution in [-0.4, -0.2) is 24.1 Å². The molecule has 0 saturated carbocycles. The number of benzene rings is 3. The van der Waals surface area contributed by atoms with Gasteiger partial charge in [-0.05, 0) is 77.7 Å². The number of nitrogens with one attached hydrogen (secondary N) is 2. The van der Waals surface area contributed by atoms with E-state index in [1.807, 2.05) is 0 Å². The molecular weight excluding hydrogens is 440 g/mol. The van der Waals surface area contributed by atoms with Gasteiger partial charge in [0.25, 0.3) is 11.8 Å². The lowest BCUT2D eigenvalue weighted by molar-refractivity contribution is -0.123. The average molecular weight is 466 g/mol. The molecule has 0 saturated heterocycles. The van der Waals surface area contributed by atoms with Crippen molar-refractivity contribution in [3.05, 3.63) is 101 Å². The Morgan fingerprint density at radius 2 is 1.50 bits per heavy atom. The minimum Gasteiger partial charge on any atom is -0.489 e. The molecule has 176 valence electrons. The van der Waals surface area contributed by atoms with Gasteiger partial charge in [0, 0.05) is 5.56 Å². The van der Waals surface area contributed by atoms with Gasteiger partial charge in [0.05, 0.1) is 6.21 Å². The maximum Gasteiger partial charge on any atom is 0.262 e. The maximum atomic E-state index is 13.1. The van der Waals surface area contributed by atoms with E-state index >= 15 is 0 Å². The van der Waals surface area contributed by atoms with E-state index in [-0.39, 0.29) is 17.3 Å². The molecule has 1 atom stereocenters. The van der Waals surface area contributed by atoms with E-state index in [0.29, 0.717) is 12.4 Å². The fourth-order valence-electron chi connectivity index (χ4n) is 3.00. The van der Waals surface area contributed by atoms with E-state index in [4.69, 9.17) is 4.74 Å². The van der Waals surface area contributed by atoms with Gasteiger partial charge >= 0.3 is 0 Å². The van der Waals surface area contributed by atoms with Crippen molar-refractivity contribution in [2.45, 2.75) is 26.5 Å². The zero-order valence-electron chi connectivity index (χ0n) is 18.8. The molecule has 0 aliphatic carbocycles. The molecule has 0 heterocycles. The number of carbonyl (C=O) groups is 2. The van der Waals surface area contributed by atoms with Gasteiger partial charge in [-0.2, -0.15) is 5.10 Å². The molecule has 1 unspecified atom stereocenters. The minimum atomic E-state index is -0.822. The number of halogens is 2. The van der Waals surface area contributed by atoms with Crippen LogP contribution in [0.15, 0.2) is 77.9 Å². The van der Waals surface area contributed by atoms with Crippen LogP contribution >= 0.6 is 0 Å². The molecule has 0 radical (unpaired) electrons. The first-order chi connectivity index (χ1) is 16.3. The summed E-state index contributed by atoms with van der Waals surface area (Å²) in [7, 11) is 0. The number of rotatable bonds is 9. The molecule has 0 aromatic heterocycles. The fraction of sp³-hybridized carbons (Fsp3) is 0.192. The predicted octanol–water partition coefficient (Wildman–Crippen LogP) is 4.45. The van der Waals surface area contributed by atoms with Crippen LogP contribution in [0.4, 0.5) is 8.78 Å². The number of hydrogen-bond donors (Lipinski definition) is 2. The van der Waals surface area contributed by atoms with Crippen molar-refractivity contribution in [3.8, 4) is 5.75 Å². The molecule has 0 spiro atoms. The standard InChI is InChI=1S/C26H25F2N3O3/c1-17(2)24(30-25(32)20-7-11-22(28)12-8-20)26(33)31-29-15-18-5-13-23(14-6-18)34-16-19-3-9-21(27)10-4-19/h3-15,17,24H,16H2,1-2H3,(H,30,32)(H,31,33). The van der Waals surface area contributed by atoms with Crippen molar-refractivity contribution in [2.75, 3.05) is 0 Å².